The van der Waals surface area contributed by atoms with Gasteiger partial charge in [0.15, 0.2) is 5.96 Å². The molecule has 0 radical (unpaired) electrons. The largest absolute Gasteiger partial charge is 0.511 e. The van der Waals surface area contributed by atoms with E-state index in [-0.39, 0.29) is 38.0 Å². The molecule has 0 aliphatic carbocycles. The Kier molecular flexibility index (Phi) is 8.51. The quantitative estimate of drug-likeness (QED) is 0.489. The number of alkyl halides is 3. The van der Waals surface area contributed by atoms with Gasteiger partial charge in [-0.15, -0.1) is 0 Å². The van der Waals surface area contributed by atoms with Crippen molar-refractivity contribution in [1.82, 2.24) is 19.8 Å². The first-order valence-electron chi connectivity index (χ1n) is 9.78. The summed E-state index contributed by atoms with van der Waals surface area (Å²) in [6, 6.07) is 10.2. The molecule has 1 saturated heterocycles. The minimum absolute atomic E-state index is 0.150. The van der Waals surface area contributed by atoms with Gasteiger partial charge in [-0.05, 0) is 38.9 Å². The van der Waals surface area contributed by atoms with Crippen molar-refractivity contribution in [3.63, 3.8) is 0 Å². The monoisotopic (exact) mass is 449 g/mol. The molecule has 0 bridgehead atoms. The summed E-state index contributed by atoms with van der Waals surface area (Å²) in [5.74, 6) is 0.548. The van der Waals surface area contributed by atoms with E-state index in [0.29, 0.717) is 16.8 Å². The topological polar surface area (TPSA) is 77.0 Å². The van der Waals surface area contributed by atoms with Crippen molar-refractivity contribution in [3.8, 4) is 0 Å². The molecule has 1 aromatic rings. The normalized spacial score (nSPS) is 18.4. The maximum Gasteiger partial charge on any atom is 0.511 e. The first-order valence-corrected chi connectivity index (χ1v) is 11.2. The van der Waals surface area contributed by atoms with Crippen molar-refractivity contribution in [1.29, 1.82) is 0 Å². The summed E-state index contributed by atoms with van der Waals surface area (Å²) in [6.45, 7) is 0.276. The minimum Gasteiger partial charge on any atom is -0.355 e. The van der Waals surface area contributed by atoms with Gasteiger partial charge in [-0.25, -0.2) is 8.42 Å². The first kappa shape index (κ1) is 24.4. The van der Waals surface area contributed by atoms with Crippen LogP contribution in [0.2, 0.25) is 0 Å². The van der Waals surface area contributed by atoms with E-state index < -0.39 is 15.5 Å². The number of nitrogens with zero attached hydrogens (tertiary/aromatic N) is 3. The maximum absolute atomic E-state index is 12.7. The van der Waals surface area contributed by atoms with Gasteiger partial charge in [0.1, 0.15) is 0 Å². The molecule has 0 aromatic heterocycles. The summed E-state index contributed by atoms with van der Waals surface area (Å²) < 4.78 is 61.6. The summed E-state index contributed by atoms with van der Waals surface area (Å²) in [5.41, 5.74) is -4.04. The number of hydrogen-bond acceptors (Lipinski definition) is 4. The Morgan fingerprint density at radius 1 is 1.23 bits per heavy atom. The lowest BCUT2D eigenvalue weighted by Gasteiger charge is -2.33. The van der Waals surface area contributed by atoms with E-state index in [1.165, 1.54) is 5.56 Å². The summed E-state index contributed by atoms with van der Waals surface area (Å²) in [7, 11) is 0.366. The van der Waals surface area contributed by atoms with Gasteiger partial charge in [0.2, 0.25) is 0 Å². The average molecular weight is 450 g/mol. The zero-order valence-electron chi connectivity index (χ0n) is 17.5. The highest BCUT2D eigenvalue weighted by molar-refractivity contribution is 7.90. The summed E-state index contributed by atoms with van der Waals surface area (Å²) in [6.07, 6.45) is 1.40. The first-order chi connectivity index (χ1) is 14.0. The van der Waals surface area contributed by atoms with Crippen molar-refractivity contribution in [2.75, 3.05) is 40.8 Å². The van der Waals surface area contributed by atoms with Crippen molar-refractivity contribution in [2.24, 2.45) is 4.99 Å². The van der Waals surface area contributed by atoms with Crippen LogP contribution >= 0.6 is 0 Å². The lowest BCUT2D eigenvalue weighted by atomic mass is 10.1. The zero-order valence-corrected chi connectivity index (χ0v) is 18.3. The predicted octanol–water partition coefficient (Wildman–Crippen LogP) is 1.64. The van der Waals surface area contributed by atoms with E-state index in [9.17, 15) is 21.6 Å². The molecular formula is C19H30F3N5O2S. The molecule has 2 N–H and O–H groups in total. The predicted molar refractivity (Wildman–Crippen MR) is 112 cm³/mol. The zero-order chi connectivity index (χ0) is 22.4. The van der Waals surface area contributed by atoms with E-state index in [4.69, 9.17) is 0 Å². The molecule has 1 unspecified atom stereocenters. The van der Waals surface area contributed by atoms with Gasteiger partial charge in [-0.3, -0.25) is 4.99 Å². The Balaban J connectivity index is 1.86. The molecule has 7 nitrogen and oxygen atoms in total. The third-order valence-electron chi connectivity index (χ3n) is 5.20. The van der Waals surface area contributed by atoms with Crippen molar-refractivity contribution < 1.29 is 21.6 Å². The van der Waals surface area contributed by atoms with Crippen LogP contribution in [0, 0.1) is 0 Å². The molecule has 1 fully saturated rings. The molecule has 0 saturated carbocycles. The molecule has 1 aliphatic heterocycles. The highest BCUT2D eigenvalue weighted by Gasteiger charge is 2.50. The van der Waals surface area contributed by atoms with E-state index >= 15 is 0 Å². The second kappa shape index (κ2) is 10.5. The Morgan fingerprint density at radius 2 is 1.83 bits per heavy atom. The smallest absolute Gasteiger partial charge is 0.355 e. The van der Waals surface area contributed by atoms with Crippen LogP contribution in [-0.2, 0) is 16.4 Å². The van der Waals surface area contributed by atoms with Crippen LogP contribution in [0.4, 0.5) is 13.2 Å². The van der Waals surface area contributed by atoms with E-state index in [0.717, 1.165) is 6.42 Å². The highest BCUT2D eigenvalue weighted by Crippen LogP contribution is 2.28. The second-order valence-electron chi connectivity index (χ2n) is 7.53. The van der Waals surface area contributed by atoms with Gasteiger partial charge in [-0.1, -0.05) is 30.3 Å². The number of likely N-dealkylation sites (N-methyl/N-ethyl adjacent to an activating group) is 1. The van der Waals surface area contributed by atoms with Gasteiger partial charge < -0.3 is 15.5 Å². The lowest BCUT2D eigenvalue weighted by molar-refractivity contribution is -0.0494. The second-order valence-corrected chi connectivity index (χ2v) is 9.46. The van der Waals surface area contributed by atoms with Crippen LogP contribution < -0.4 is 10.6 Å². The number of aliphatic imine (C=N–C) groups is 1. The van der Waals surface area contributed by atoms with Gasteiger partial charge >= 0.3 is 15.5 Å². The van der Waals surface area contributed by atoms with Gasteiger partial charge in [-0.2, -0.15) is 17.5 Å². The third-order valence-corrected chi connectivity index (χ3v) is 6.83. The number of nitrogens with one attached hydrogen (secondary N) is 2. The fourth-order valence-corrected chi connectivity index (χ4v) is 4.30. The van der Waals surface area contributed by atoms with Crippen LogP contribution in [0.1, 0.15) is 18.4 Å². The number of halogens is 3. The number of benzene rings is 1. The number of guanidine groups is 1. The van der Waals surface area contributed by atoms with Gasteiger partial charge in [0, 0.05) is 38.8 Å². The lowest BCUT2D eigenvalue weighted by Crippen LogP contribution is -2.53. The number of piperidine rings is 1. The van der Waals surface area contributed by atoms with E-state index in [1.807, 2.05) is 32.3 Å². The SMILES string of the molecule is CN=C(NCC(Cc1ccccc1)N(C)C)NC1CCN(S(=O)(=O)C(F)(F)F)CC1. The molecule has 170 valence electrons. The van der Waals surface area contributed by atoms with Crippen LogP contribution in [0.5, 0.6) is 0 Å². The fraction of sp³-hybridized carbons (Fsp3) is 0.632. The van der Waals surface area contributed by atoms with E-state index in [2.05, 4.69) is 32.7 Å². The number of rotatable bonds is 7. The van der Waals surface area contributed by atoms with Crippen molar-refractivity contribution in [3.05, 3.63) is 35.9 Å². The molecule has 0 spiro atoms. The molecular weight excluding hydrogens is 419 g/mol. The molecule has 2 rings (SSSR count). The molecule has 11 heteroatoms. The third kappa shape index (κ3) is 6.58. The van der Waals surface area contributed by atoms with Crippen LogP contribution in [0.15, 0.2) is 35.3 Å². The van der Waals surface area contributed by atoms with Crippen molar-refractivity contribution in [2.45, 2.75) is 36.9 Å². The van der Waals surface area contributed by atoms with E-state index in [1.54, 1.807) is 7.05 Å². The average Bonchev–Trinajstić information content (AvgIpc) is 2.70. The number of hydrogen-bond donors (Lipinski definition) is 2. The standard InChI is InChI=1S/C19H30F3N5O2S/c1-23-18(24-14-17(26(2)3)13-15-7-5-4-6-8-15)25-16-9-11-27(12-10-16)30(28,29)19(20,21)22/h4-8,16-17H,9-14H2,1-3H3,(H2,23,24,25). The highest BCUT2D eigenvalue weighted by atomic mass is 32.2. The molecule has 1 atom stereocenters. The Hall–Kier alpha value is -1.85. The molecule has 1 heterocycles. The van der Waals surface area contributed by atoms with Gasteiger partial charge in [0.05, 0.1) is 0 Å². The van der Waals surface area contributed by atoms with Crippen LogP contribution in [0.25, 0.3) is 0 Å². The van der Waals surface area contributed by atoms with Crippen LogP contribution in [0.3, 0.4) is 0 Å². The summed E-state index contributed by atoms with van der Waals surface area (Å²) in [4.78, 5) is 6.31. The summed E-state index contributed by atoms with van der Waals surface area (Å²) in [5, 5.41) is 6.46. The maximum atomic E-state index is 12.7. The Labute approximate surface area is 176 Å². The van der Waals surface area contributed by atoms with Gasteiger partial charge in [0.25, 0.3) is 0 Å². The van der Waals surface area contributed by atoms with Crippen molar-refractivity contribution >= 4 is 16.0 Å². The fourth-order valence-electron chi connectivity index (χ4n) is 3.31. The molecule has 30 heavy (non-hydrogen) atoms. The molecule has 1 aliphatic rings. The Morgan fingerprint density at radius 3 is 2.33 bits per heavy atom. The Bertz CT molecular complexity index is 792. The number of sulfonamides is 1. The molecule has 1 aromatic carbocycles. The summed E-state index contributed by atoms with van der Waals surface area (Å²) >= 11 is 0. The van der Waals surface area contributed by atoms with Crippen LogP contribution in [-0.4, -0.2) is 82.0 Å². The molecule has 0 amide bonds. The minimum atomic E-state index is -5.26.